The molecule has 3 rings (SSSR count). The molecule has 5 heteroatoms. The standard InChI is InChI=1S/C22H33NO4/c1-4-27-21(24)22(11-14-25-2)9-12-23(13-10-22)19-7-5-17-6-8-20(26-3)16-18(17)15-19/h6,8,16,19H,4-5,7,9-15H2,1-3H3. The highest BCUT2D eigenvalue weighted by Crippen LogP contribution is 2.38. The largest absolute Gasteiger partial charge is 0.497 e. The van der Waals surface area contributed by atoms with Crippen LogP contribution in [-0.2, 0) is 27.1 Å². The molecule has 0 amide bonds. The molecule has 1 aliphatic heterocycles. The zero-order valence-electron chi connectivity index (χ0n) is 17.0. The van der Waals surface area contributed by atoms with Crippen molar-refractivity contribution >= 4 is 5.97 Å². The second-order valence-corrected chi connectivity index (χ2v) is 7.81. The molecule has 1 heterocycles. The van der Waals surface area contributed by atoms with E-state index in [1.54, 1.807) is 14.2 Å². The van der Waals surface area contributed by atoms with Gasteiger partial charge in [-0.1, -0.05) is 6.07 Å². The zero-order valence-corrected chi connectivity index (χ0v) is 17.0. The third kappa shape index (κ3) is 4.46. The number of hydrogen-bond acceptors (Lipinski definition) is 5. The quantitative estimate of drug-likeness (QED) is 0.685. The van der Waals surface area contributed by atoms with Gasteiger partial charge in [0.25, 0.3) is 0 Å². The van der Waals surface area contributed by atoms with Crippen LogP contribution in [0.5, 0.6) is 5.75 Å². The van der Waals surface area contributed by atoms with E-state index in [0.717, 1.165) is 50.9 Å². The van der Waals surface area contributed by atoms with Gasteiger partial charge in [-0.3, -0.25) is 9.69 Å². The molecule has 150 valence electrons. The summed E-state index contributed by atoms with van der Waals surface area (Å²) in [6.45, 7) is 4.83. The average Bonchev–Trinajstić information content (AvgIpc) is 2.72. The summed E-state index contributed by atoms with van der Waals surface area (Å²) in [6, 6.07) is 7.00. The summed E-state index contributed by atoms with van der Waals surface area (Å²) >= 11 is 0. The Balaban J connectivity index is 1.64. The van der Waals surface area contributed by atoms with Crippen LogP contribution in [0.4, 0.5) is 0 Å². The van der Waals surface area contributed by atoms with Gasteiger partial charge in [-0.15, -0.1) is 0 Å². The number of carbonyl (C=O) groups is 1. The van der Waals surface area contributed by atoms with Crippen LogP contribution in [0, 0.1) is 5.41 Å². The van der Waals surface area contributed by atoms with Gasteiger partial charge in [0.1, 0.15) is 5.75 Å². The van der Waals surface area contributed by atoms with Crippen LogP contribution in [0.1, 0.15) is 43.7 Å². The van der Waals surface area contributed by atoms with Crippen molar-refractivity contribution in [3.05, 3.63) is 29.3 Å². The van der Waals surface area contributed by atoms with Gasteiger partial charge in [0, 0.05) is 19.8 Å². The fourth-order valence-corrected chi connectivity index (χ4v) is 4.61. The molecule has 1 saturated heterocycles. The molecule has 27 heavy (non-hydrogen) atoms. The summed E-state index contributed by atoms with van der Waals surface area (Å²) < 4.78 is 16.1. The third-order valence-electron chi connectivity index (χ3n) is 6.38. The molecule has 0 N–H and O–H groups in total. The Morgan fingerprint density at radius 3 is 2.67 bits per heavy atom. The van der Waals surface area contributed by atoms with Gasteiger partial charge in [-0.05, 0) is 81.8 Å². The van der Waals surface area contributed by atoms with E-state index in [1.807, 2.05) is 6.92 Å². The van der Waals surface area contributed by atoms with E-state index in [4.69, 9.17) is 14.2 Å². The predicted molar refractivity (Wildman–Crippen MR) is 105 cm³/mol. The molecule has 0 radical (unpaired) electrons. The highest BCUT2D eigenvalue weighted by Gasteiger charge is 2.43. The maximum atomic E-state index is 12.6. The molecular formula is C22H33NO4. The summed E-state index contributed by atoms with van der Waals surface area (Å²) in [5.41, 5.74) is 2.48. The molecule has 5 nitrogen and oxygen atoms in total. The van der Waals surface area contributed by atoms with Gasteiger partial charge in [0.2, 0.25) is 0 Å². The Morgan fingerprint density at radius 2 is 2.00 bits per heavy atom. The molecule has 1 unspecified atom stereocenters. The lowest BCUT2D eigenvalue weighted by atomic mass is 9.75. The van der Waals surface area contributed by atoms with Crippen LogP contribution in [0.15, 0.2) is 18.2 Å². The number of likely N-dealkylation sites (tertiary alicyclic amines) is 1. The van der Waals surface area contributed by atoms with E-state index >= 15 is 0 Å². The summed E-state index contributed by atoms with van der Waals surface area (Å²) in [5.74, 6) is 0.898. The smallest absolute Gasteiger partial charge is 0.312 e. The second kappa shape index (κ2) is 9.07. The Kier molecular flexibility index (Phi) is 6.77. The monoisotopic (exact) mass is 375 g/mol. The number of esters is 1. The highest BCUT2D eigenvalue weighted by atomic mass is 16.5. The number of hydrogen-bond donors (Lipinski definition) is 0. The fourth-order valence-electron chi connectivity index (χ4n) is 4.61. The predicted octanol–water partition coefficient (Wildman–Crippen LogP) is 3.23. The molecule has 1 aromatic rings. The van der Waals surface area contributed by atoms with E-state index < -0.39 is 0 Å². The van der Waals surface area contributed by atoms with E-state index in [1.165, 1.54) is 17.5 Å². The van der Waals surface area contributed by atoms with Crippen molar-refractivity contribution in [2.75, 3.05) is 40.5 Å². The number of benzene rings is 1. The number of rotatable bonds is 7. The first-order valence-corrected chi connectivity index (χ1v) is 10.2. The second-order valence-electron chi connectivity index (χ2n) is 7.81. The third-order valence-corrected chi connectivity index (χ3v) is 6.38. The fraction of sp³-hybridized carbons (Fsp3) is 0.682. The van der Waals surface area contributed by atoms with Crippen LogP contribution in [-0.4, -0.2) is 57.4 Å². The van der Waals surface area contributed by atoms with Crippen LogP contribution in [0.3, 0.4) is 0 Å². The molecule has 1 aliphatic carbocycles. The molecule has 0 saturated carbocycles. The van der Waals surface area contributed by atoms with Gasteiger partial charge in [0.05, 0.1) is 19.1 Å². The molecule has 0 aromatic heterocycles. The minimum absolute atomic E-state index is 0.0413. The maximum Gasteiger partial charge on any atom is 0.312 e. The first-order chi connectivity index (χ1) is 13.1. The van der Waals surface area contributed by atoms with Gasteiger partial charge in [0.15, 0.2) is 0 Å². The molecule has 1 aromatic carbocycles. The number of methoxy groups -OCH3 is 2. The van der Waals surface area contributed by atoms with Gasteiger partial charge in [-0.25, -0.2) is 0 Å². The lowest BCUT2D eigenvalue weighted by Gasteiger charge is -2.44. The molecule has 0 spiro atoms. The van der Waals surface area contributed by atoms with Crippen molar-refractivity contribution in [3.63, 3.8) is 0 Å². The lowest BCUT2D eigenvalue weighted by molar-refractivity contribution is -0.160. The minimum Gasteiger partial charge on any atom is -0.497 e. The van der Waals surface area contributed by atoms with Crippen molar-refractivity contribution in [2.24, 2.45) is 5.41 Å². The van der Waals surface area contributed by atoms with Crippen LogP contribution in [0.2, 0.25) is 0 Å². The molecule has 1 fully saturated rings. The van der Waals surface area contributed by atoms with E-state index in [9.17, 15) is 4.79 Å². The lowest BCUT2D eigenvalue weighted by Crippen LogP contribution is -2.50. The number of piperidine rings is 1. The average molecular weight is 376 g/mol. The number of carbonyl (C=O) groups excluding carboxylic acids is 1. The van der Waals surface area contributed by atoms with Crippen molar-refractivity contribution in [3.8, 4) is 5.75 Å². The molecule has 0 bridgehead atoms. The minimum atomic E-state index is -0.377. The Morgan fingerprint density at radius 1 is 1.22 bits per heavy atom. The van der Waals surface area contributed by atoms with Crippen molar-refractivity contribution < 1.29 is 19.0 Å². The Hall–Kier alpha value is -1.59. The Bertz CT molecular complexity index is 637. The molecular weight excluding hydrogens is 342 g/mol. The summed E-state index contributed by atoms with van der Waals surface area (Å²) in [6.07, 6.45) is 5.84. The normalized spacial score (nSPS) is 22.1. The SMILES string of the molecule is CCOC(=O)C1(CCOC)CCN(C2CCc3ccc(OC)cc3C2)CC1. The van der Waals surface area contributed by atoms with Crippen molar-refractivity contribution in [2.45, 2.75) is 51.5 Å². The van der Waals surface area contributed by atoms with Crippen LogP contribution >= 0.6 is 0 Å². The van der Waals surface area contributed by atoms with E-state index in [0.29, 0.717) is 19.3 Å². The number of ether oxygens (including phenoxy) is 3. The Labute approximate surface area is 163 Å². The van der Waals surface area contributed by atoms with Crippen LogP contribution in [0.25, 0.3) is 0 Å². The zero-order chi connectivity index (χ0) is 19.3. The molecule has 2 aliphatic rings. The first kappa shape index (κ1) is 20.2. The van der Waals surface area contributed by atoms with Crippen molar-refractivity contribution in [1.82, 2.24) is 4.90 Å². The van der Waals surface area contributed by atoms with Gasteiger partial charge >= 0.3 is 5.97 Å². The summed E-state index contributed by atoms with van der Waals surface area (Å²) in [4.78, 5) is 15.2. The van der Waals surface area contributed by atoms with Gasteiger partial charge < -0.3 is 14.2 Å². The van der Waals surface area contributed by atoms with E-state index in [-0.39, 0.29) is 11.4 Å². The maximum absolute atomic E-state index is 12.6. The van der Waals surface area contributed by atoms with Crippen LogP contribution < -0.4 is 4.74 Å². The first-order valence-electron chi connectivity index (χ1n) is 10.2. The molecule has 1 atom stereocenters. The summed E-state index contributed by atoms with van der Waals surface area (Å²) in [5, 5.41) is 0. The topological polar surface area (TPSA) is 48.0 Å². The summed E-state index contributed by atoms with van der Waals surface area (Å²) in [7, 11) is 3.42. The van der Waals surface area contributed by atoms with E-state index in [2.05, 4.69) is 23.1 Å². The highest BCUT2D eigenvalue weighted by molar-refractivity contribution is 5.77. The number of aryl methyl sites for hydroxylation is 1. The van der Waals surface area contributed by atoms with Crippen molar-refractivity contribution in [1.29, 1.82) is 0 Å². The number of fused-ring (bicyclic) bond motifs is 1. The van der Waals surface area contributed by atoms with Gasteiger partial charge in [-0.2, -0.15) is 0 Å². The number of nitrogens with zero attached hydrogens (tertiary/aromatic N) is 1.